The van der Waals surface area contributed by atoms with E-state index in [2.05, 4.69) is 10.3 Å². The number of alkyl halides is 1. The topological polar surface area (TPSA) is 63.7 Å². The van der Waals surface area contributed by atoms with Crippen LogP contribution in [-0.4, -0.2) is 42.9 Å². The molecule has 1 N–H and O–H groups in total. The summed E-state index contributed by atoms with van der Waals surface area (Å²) in [6.07, 6.45) is -0.138. The van der Waals surface area contributed by atoms with Crippen LogP contribution < -0.4 is 15.0 Å². The number of aromatic nitrogens is 1. The predicted molar refractivity (Wildman–Crippen MR) is 106 cm³/mol. The van der Waals surface area contributed by atoms with Crippen LogP contribution in [0.2, 0.25) is 0 Å². The smallest absolute Gasteiger partial charge is 0.253 e. The minimum absolute atomic E-state index is 0.0887. The molecule has 0 radical (unpaired) electrons. The maximum absolute atomic E-state index is 15.0. The standard InChI is InChI=1S/C22H24FN3O3/c1-13-8-17-19(10-24-22(17)27)25-21(13)26-6-4-20(18(23)11-26)29-16-3-2-15-12-28-7-5-14(15)9-16/h2-3,8-9,18,20H,4-7,10-12H2,1H3,(H,24,27)/t18-,20?/m0/s1. The summed E-state index contributed by atoms with van der Waals surface area (Å²) in [5.74, 6) is 1.40. The fraction of sp³-hybridized carbons (Fsp3) is 0.455. The van der Waals surface area contributed by atoms with Gasteiger partial charge in [0.15, 0.2) is 6.17 Å². The largest absolute Gasteiger partial charge is 0.487 e. The zero-order valence-corrected chi connectivity index (χ0v) is 16.4. The molecule has 2 aromatic rings. The minimum atomic E-state index is -1.11. The quantitative estimate of drug-likeness (QED) is 0.863. The second-order valence-electron chi connectivity index (χ2n) is 7.95. The molecule has 1 aromatic heterocycles. The van der Waals surface area contributed by atoms with Gasteiger partial charge in [-0.15, -0.1) is 0 Å². The zero-order valence-electron chi connectivity index (χ0n) is 16.4. The molecule has 3 aliphatic heterocycles. The van der Waals surface area contributed by atoms with Crippen LogP contribution in [0.15, 0.2) is 24.3 Å². The first kappa shape index (κ1) is 18.4. The van der Waals surface area contributed by atoms with Crippen molar-refractivity contribution < 1.29 is 18.7 Å². The number of carbonyl (C=O) groups excluding carboxylic acids is 1. The van der Waals surface area contributed by atoms with Gasteiger partial charge >= 0.3 is 0 Å². The highest BCUT2D eigenvalue weighted by Crippen LogP contribution is 2.30. The Kier molecular flexibility index (Phi) is 4.62. The van der Waals surface area contributed by atoms with E-state index in [9.17, 15) is 9.18 Å². The lowest BCUT2D eigenvalue weighted by atomic mass is 10.0. The fourth-order valence-corrected chi connectivity index (χ4v) is 4.35. The lowest BCUT2D eigenvalue weighted by molar-refractivity contribution is 0.0810. The Morgan fingerprint density at radius 1 is 1.31 bits per heavy atom. The SMILES string of the molecule is Cc1cc2c(nc1N1CCC(Oc3ccc4c(c3)CCOC4)[C@@H](F)C1)CNC2=O. The van der Waals surface area contributed by atoms with E-state index in [4.69, 9.17) is 9.47 Å². The van der Waals surface area contributed by atoms with Crippen molar-refractivity contribution in [2.45, 2.75) is 45.2 Å². The Morgan fingerprint density at radius 2 is 2.21 bits per heavy atom. The fourth-order valence-electron chi connectivity index (χ4n) is 4.35. The molecule has 152 valence electrons. The average Bonchev–Trinajstić information content (AvgIpc) is 3.08. The lowest BCUT2D eigenvalue weighted by Gasteiger charge is -2.36. The van der Waals surface area contributed by atoms with Gasteiger partial charge in [-0.3, -0.25) is 4.79 Å². The summed E-state index contributed by atoms with van der Waals surface area (Å²) in [5.41, 5.74) is 4.66. The van der Waals surface area contributed by atoms with E-state index in [0.717, 1.165) is 35.9 Å². The molecule has 0 bridgehead atoms. The van der Waals surface area contributed by atoms with E-state index in [1.807, 2.05) is 36.1 Å². The number of rotatable bonds is 3. The van der Waals surface area contributed by atoms with Crippen LogP contribution in [0.1, 0.15) is 39.2 Å². The molecule has 29 heavy (non-hydrogen) atoms. The molecule has 0 spiro atoms. The van der Waals surface area contributed by atoms with Crippen molar-refractivity contribution in [2.75, 3.05) is 24.6 Å². The molecule has 1 unspecified atom stereocenters. The number of amides is 1. The summed E-state index contributed by atoms with van der Waals surface area (Å²) in [6.45, 7) is 4.60. The summed E-state index contributed by atoms with van der Waals surface area (Å²) in [4.78, 5) is 18.4. The second kappa shape index (κ2) is 7.30. The van der Waals surface area contributed by atoms with Gasteiger partial charge in [0, 0.05) is 13.0 Å². The maximum atomic E-state index is 15.0. The third-order valence-corrected chi connectivity index (χ3v) is 5.95. The molecular formula is C22H24FN3O3. The number of carbonyl (C=O) groups is 1. The number of ether oxygens (including phenoxy) is 2. The number of halogens is 1. The van der Waals surface area contributed by atoms with Crippen molar-refractivity contribution in [3.05, 3.63) is 52.2 Å². The van der Waals surface area contributed by atoms with Crippen molar-refractivity contribution in [1.29, 1.82) is 0 Å². The van der Waals surface area contributed by atoms with Gasteiger partial charge in [0.25, 0.3) is 5.91 Å². The Hall–Kier alpha value is -2.67. The molecule has 2 atom stereocenters. The van der Waals surface area contributed by atoms with Gasteiger partial charge < -0.3 is 19.7 Å². The third kappa shape index (κ3) is 3.44. The number of nitrogens with zero attached hydrogens (tertiary/aromatic N) is 2. The first-order valence-corrected chi connectivity index (χ1v) is 10.1. The highest BCUT2D eigenvalue weighted by atomic mass is 19.1. The van der Waals surface area contributed by atoms with Gasteiger partial charge in [-0.25, -0.2) is 9.37 Å². The highest BCUT2D eigenvalue weighted by molar-refractivity contribution is 5.98. The highest BCUT2D eigenvalue weighted by Gasteiger charge is 2.33. The second-order valence-corrected chi connectivity index (χ2v) is 7.95. The summed E-state index contributed by atoms with van der Waals surface area (Å²) in [5, 5.41) is 2.79. The van der Waals surface area contributed by atoms with Crippen LogP contribution in [0.3, 0.4) is 0 Å². The van der Waals surface area contributed by atoms with Crippen molar-refractivity contribution in [1.82, 2.24) is 10.3 Å². The number of fused-ring (bicyclic) bond motifs is 2. The number of piperidine rings is 1. The average molecular weight is 397 g/mol. The Balaban J connectivity index is 1.28. The molecule has 6 nitrogen and oxygen atoms in total. The predicted octanol–water partition coefficient (Wildman–Crippen LogP) is 2.70. The molecule has 3 aliphatic rings. The van der Waals surface area contributed by atoms with Crippen molar-refractivity contribution in [2.24, 2.45) is 0 Å². The van der Waals surface area contributed by atoms with Crippen LogP contribution >= 0.6 is 0 Å². The molecule has 5 rings (SSSR count). The third-order valence-electron chi connectivity index (χ3n) is 5.95. The van der Waals surface area contributed by atoms with Gasteiger partial charge in [0.2, 0.25) is 0 Å². The van der Waals surface area contributed by atoms with Crippen molar-refractivity contribution in [3.63, 3.8) is 0 Å². The summed E-state index contributed by atoms with van der Waals surface area (Å²) >= 11 is 0. The first-order valence-electron chi connectivity index (χ1n) is 10.1. The van der Waals surface area contributed by atoms with E-state index in [-0.39, 0.29) is 12.5 Å². The summed E-state index contributed by atoms with van der Waals surface area (Å²) < 4.78 is 26.5. The Morgan fingerprint density at radius 3 is 3.07 bits per heavy atom. The molecule has 1 saturated heterocycles. The van der Waals surface area contributed by atoms with Crippen LogP contribution in [-0.2, 0) is 24.3 Å². The molecular weight excluding hydrogens is 373 g/mol. The number of benzene rings is 1. The van der Waals surface area contributed by atoms with Crippen LogP contribution in [0, 0.1) is 6.92 Å². The number of aryl methyl sites for hydroxylation is 1. The van der Waals surface area contributed by atoms with Crippen LogP contribution in [0.4, 0.5) is 10.2 Å². The molecule has 1 amide bonds. The number of anilines is 1. The molecule has 7 heteroatoms. The normalized spacial score (nSPS) is 23.4. The van der Waals surface area contributed by atoms with Gasteiger partial charge in [-0.05, 0) is 48.2 Å². The molecule has 4 heterocycles. The Labute approximate surface area is 169 Å². The molecule has 0 saturated carbocycles. The number of pyridine rings is 1. The number of hydrogen-bond donors (Lipinski definition) is 1. The van der Waals surface area contributed by atoms with Gasteiger partial charge in [-0.2, -0.15) is 0 Å². The zero-order chi connectivity index (χ0) is 20.0. The molecule has 0 aliphatic carbocycles. The lowest BCUT2D eigenvalue weighted by Crippen LogP contribution is -2.47. The van der Waals surface area contributed by atoms with Crippen molar-refractivity contribution in [3.8, 4) is 5.75 Å². The van der Waals surface area contributed by atoms with E-state index in [1.54, 1.807) is 0 Å². The van der Waals surface area contributed by atoms with E-state index in [0.29, 0.717) is 31.7 Å². The van der Waals surface area contributed by atoms with Gasteiger partial charge in [0.05, 0.1) is 37.6 Å². The molecule has 1 fully saturated rings. The summed E-state index contributed by atoms with van der Waals surface area (Å²) in [7, 11) is 0. The number of hydrogen-bond acceptors (Lipinski definition) is 5. The van der Waals surface area contributed by atoms with Crippen molar-refractivity contribution >= 4 is 11.7 Å². The Bertz CT molecular complexity index is 965. The molecule has 1 aromatic carbocycles. The number of nitrogens with one attached hydrogen (secondary N) is 1. The maximum Gasteiger partial charge on any atom is 0.253 e. The van der Waals surface area contributed by atoms with Gasteiger partial charge in [-0.1, -0.05) is 6.07 Å². The van der Waals surface area contributed by atoms with E-state index in [1.165, 1.54) is 11.1 Å². The summed E-state index contributed by atoms with van der Waals surface area (Å²) in [6, 6.07) is 7.79. The van der Waals surface area contributed by atoms with Crippen LogP contribution in [0.25, 0.3) is 0 Å². The minimum Gasteiger partial charge on any atom is -0.487 e. The van der Waals surface area contributed by atoms with Gasteiger partial charge in [0.1, 0.15) is 17.7 Å². The monoisotopic (exact) mass is 397 g/mol. The van der Waals surface area contributed by atoms with Crippen LogP contribution in [0.5, 0.6) is 5.75 Å². The van der Waals surface area contributed by atoms with E-state index < -0.39 is 12.3 Å². The first-order chi connectivity index (χ1) is 14.1. The van der Waals surface area contributed by atoms with E-state index >= 15 is 0 Å².